The Kier molecular flexibility index (Phi) is 3.05. The van der Waals surface area contributed by atoms with Crippen molar-refractivity contribution < 1.29 is 4.39 Å². The highest BCUT2D eigenvalue weighted by Gasteiger charge is 2.02. The van der Waals surface area contributed by atoms with E-state index in [9.17, 15) is 4.39 Å². The highest BCUT2D eigenvalue weighted by molar-refractivity contribution is 6.30. The Hall–Kier alpha value is -1.62. The van der Waals surface area contributed by atoms with Crippen LogP contribution >= 0.6 is 11.6 Å². The highest BCUT2D eigenvalue weighted by Crippen LogP contribution is 2.18. The molecule has 0 amide bonds. The molecule has 0 saturated heterocycles. The summed E-state index contributed by atoms with van der Waals surface area (Å²) in [6.45, 7) is 0.469. The van der Waals surface area contributed by atoms with Crippen LogP contribution in [-0.2, 0) is 13.6 Å². The fraction of sp³-hybridized carbons (Fsp3) is 0.200. The Morgan fingerprint density at radius 2 is 2.25 bits per heavy atom. The molecule has 0 aliphatic heterocycles. The van der Waals surface area contributed by atoms with Crippen LogP contribution in [0.1, 0.15) is 5.82 Å². The van der Waals surface area contributed by atoms with Gasteiger partial charge in [0.05, 0.1) is 6.54 Å². The summed E-state index contributed by atoms with van der Waals surface area (Å²) in [5.74, 6) is 0.397. The largest absolute Gasteiger partial charge is 0.378 e. The summed E-state index contributed by atoms with van der Waals surface area (Å²) in [6.07, 6.45) is 1.47. The van der Waals surface area contributed by atoms with Gasteiger partial charge >= 0.3 is 0 Å². The van der Waals surface area contributed by atoms with Crippen LogP contribution in [-0.4, -0.2) is 14.8 Å². The van der Waals surface area contributed by atoms with Crippen LogP contribution in [0.25, 0.3) is 0 Å². The van der Waals surface area contributed by atoms with Crippen LogP contribution in [0, 0.1) is 5.82 Å². The molecule has 0 radical (unpaired) electrons. The standard InChI is InChI=1S/C10H10ClFN4/c1-16-10(14-6-15-16)5-13-9-3-7(11)2-8(12)4-9/h2-4,6,13H,5H2,1H3. The summed E-state index contributed by atoms with van der Waals surface area (Å²) < 4.78 is 14.7. The molecule has 0 saturated carbocycles. The van der Waals surface area contributed by atoms with Crippen LogP contribution in [0.2, 0.25) is 5.02 Å². The number of hydrogen-bond donors (Lipinski definition) is 1. The lowest BCUT2D eigenvalue weighted by atomic mass is 10.3. The second kappa shape index (κ2) is 4.49. The third kappa shape index (κ3) is 2.49. The second-order valence-corrected chi connectivity index (χ2v) is 3.75. The lowest BCUT2D eigenvalue weighted by molar-refractivity contribution is 0.628. The molecule has 0 fully saturated rings. The number of anilines is 1. The van der Waals surface area contributed by atoms with Gasteiger partial charge < -0.3 is 5.32 Å². The topological polar surface area (TPSA) is 42.7 Å². The Labute approximate surface area is 97.1 Å². The van der Waals surface area contributed by atoms with Gasteiger partial charge in [0, 0.05) is 17.8 Å². The van der Waals surface area contributed by atoms with E-state index < -0.39 is 0 Å². The van der Waals surface area contributed by atoms with Gasteiger partial charge in [-0.2, -0.15) is 5.10 Å². The quantitative estimate of drug-likeness (QED) is 0.895. The molecule has 1 heterocycles. The predicted octanol–water partition coefficient (Wildman–Crippen LogP) is 2.22. The lowest BCUT2D eigenvalue weighted by Gasteiger charge is -2.06. The maximum absolute atomic E-state index is 13.0. The zero-order valence-corrected chi connectivity index (χ0v) is 9.37. The number of rotatable bonds is 3. The van der Waals surface area contributed by atoms with E-state index in [-0.39, 0.29) is 5.82 Å². The van der Waals surface area contributed by atoms with Crippen molar-refractivity contribution in [3.05, 3.63) is 41.2 Å². The van der Waals surface area contributed by atoms with E-state index in [1.54, 1.807) is 17.8 Å². The van der Waals surface area contributed by atoms with Crippen molar-refractivity contribution >= 4 is 17.3 Å². The summed E-state index contributed by atoms with van der Waals surface area (Å²) in [5.41, 5.74) is 0.619. The van der Waals surface area contributed by atoms with E-state index in [4.69, 9.17) is 11.6 Å². The number of nitrogens with one attached hydrogen (secondary N) is 1. The van der Waals surface area contributed by atoms with Crippen molar-refractivity contribution in [2.45, 2.75) is 6.54 Å². The zero-order chi connectivity index (χ0) is 11.5. The third-order valence-corrected chi connectivity index (χ3v) is 2.34. The van der Waals surface area contributed by atoms with Gasteiger partial charge in [-0.25, -0.2) is 9.37 Å². The Balaban J connectivity index is 2.07. The molecule has 6 heteroatoms. The lowest BCUT2D eigenvalue weighted by Crippen LogP contribution is -2.06. The molecule has 1 N–H and O–H groups in total. The minimum Gasteiger partial charge on any atom is -0.378 e. The van der Waals surface area contributed by atoms with Crippen LogP contribution in [0.5, 0.6) is 0 Å². The summed E-state index contributed by atoms with van der Waals surface area (Å²) in [6, 6.07) is 4.29. The monoisotopic (exact) mass is 240 g/mol. The first-order chi connectivity index (χ1) is 7.65. The summed E-state index contributed by atoms with van der Waals surface area (Å²) in [4.78, 5) is 4.04. The molecule has 0 bridgehead atoms. The van der Waals surface area contributed by atoms with Crippen molar-refractivity contribution in [2.24, 2.45) is 7.05 Å². The van der Waals surface area contributed by atoms with Gasteiger partial charge in [-0.15, -0.1) is 0 Å². The SMILES string of the molecule is Cn1ncnc1CNc1cc(F)cc(Cl)c1. The van der Waals surface area contributed by atoms with E-state index in [0.29, 0.717) is 17.3 Å². The Morgan fingerprint density at radius 1 is 1.44 bits per heavy atom. The summed E-state index contributed by atoms with van der Waals surface area (Å²) in [7, 11) is 1.79. The van der Waals surface area contributed by atoms with E-state index in [2.05, 4.69) is 15.4 Å². The number of halogens is 2. The Bertz CT molecular complexity index is 477. The van der Waals surface area contributed by atoms with Gasteiger partial charge in [-0.1, -0.05) is 11.6 Å². The first-order valence-corrected chi connectivity index (χ1v) is 5.06. The number of hydrogen-bond acceptors (Lipinski definition) is 3. The maximum atomic E-state index is 13.0. The summed E-state index contributed by atoms with van der Waals surface area (Å²) >= 11 is 5.73. The average molecular weight is 241 g/mol. The average Bonchev–Trinajstić information content (AvgIpc) is 2.59. The molecule has 0 aliphatic rings. The van der Waals surface area contributed by atoms with Gasteiger partial charge in [-0.3, -0.25) is 4.68 Å². The number of aromatic nitrogens is 3. The van der Waals surface area contributed by atoms with E-state index >= 15 is 0 Å². The molecular formula is C10H10ClFN4. The molecule has 16 heavy (non-hydrogen) atoms. The van der Waals surface area contributed by atoms with E-state index in [1.165, 1.54) is 18.5 Å². The van der Waals surface area contributed by atoms with E-state index in [1.807, 2.05) is 0 Å². The smallest absolute Gasteiger partial charge is 0.145 e. The van der Waals surface area contributed by atoms with E-state index in [0.717, 1.165) is 5.82 Å². The molecular weight excluding hydrogens is 231 g/mol. The van der Waals surface area contributed by atoms with Gasteiger partial charge in [-0.05, 0) is 18.2 Å². The van der Waals surface area contributed by atoms with Crippen LogP contribution in [0.3, 0.4) is 0 Å². The third-order valence-electron chi connectivity index (χ3n) is 2.12. The van der Waals surface area contributed by atoms with Crippen molar-refractivity contribution in [2.75, 3.05) is 5.32 Å². The molecule has 0 aliphatic carbocycles. The minimum absolute atomic E-state index is 0.362. The molecule has 0 spiro atoms. The fourth-order valence-corrected chi connectivity index (χ4v) is 1.54. The number of nitrogens with zero attached hydrogens (tertiary/aromatic N) is 3. The first-order valence-electron chi connectivity index (χ1n) is 4.68. The molecule has 0 atom stereocenters. The molecule has 4 nitrogen and oxygen atoms in total. The van der Waals surface area contributed by atoms with Crippen molar-refractivity contribution in [1.29, 1.82) is 0 Å². The molecule has 1 aromatic heterocycles. The van der Waals surface area contributed by atoms with Crippen molar-refractivity contribution in [3.63, 3.8) is 0 Å². The van der Waals surface area contributed by atoms with Crippen LogP contribution < -0.4 is 5.32 Å². The normalized spacial score (nSPS) is 10.4. The molecule has 2 aromatic rings. The van der Waals surface area contributed by atoms with Gasteiger partial charge in [0.1, 0.15) is 18.0 Å². The highest BCUT2D eigenvalue weighted by atomic mass is 35.5. The van der Waals surface area contributed by atoms with Crippen molar-refractivity contribution in [1.82, 2.24) is 14.8 Å². The first kappa shape index (κ1) is 10.9. The van der Waals surface area contributed by atoms with Crippen LogP contribution in [0.15, 0.2) is 24.5 Å². The van der Waals surface area contributed by atoms with Gasteiger partial charge in [0.15, 0.2) is 0 Å². The van der Waals surface area contributed by atoms with Gasteiger partial charge in [0.25, 0.3) is 0 Å². The Morgan fingerprint density at radius 3 is 2.88 bits per heavy atom. The van der Waals surface area contributed by atoms with Gasteiger partial charge in [0.2, 0.25) is 0 Å². The second-order valence-electron chi connectivity index (χ2n) is 3.31. The zero-order valence-electron chi connectivity index (χ0n) is 8.61. The molecule has 2 rings (SSSR count). The summed E-state index contributed by atoms with van der Waals surface area (Å²) in [5, 5.41) is 7.31. The molecule has 1 aromatic carbocycles. The minimum atomic E-state index is -0.368. The molecule has 0 unspecified atom stereocenters. The number of benzene rings is 1. The van der Waals surface area contributed by atoms with Crippen LogP contribution in [0.4, 0.5) is 10.1 Å². The maximum Gasteiger partial charge on any atom is 0.145 e. The van der Waals surface area contributed by atoms with Crippen molar-refractivity contribution in [3.8, 4) is 0 Å². The number of aryl methyl sites for hydroxylation is 1. The molecule has 84 valence electrons. The predicted molar refractivity (Wildman–Crippen MR) is 59.7 cm³/mol. The fourth-order valence-electron chi connectivity index (χ4n) is 1.32.